The van der Waals surface area contributed by atoms with E-state index in [9.17, 15) is 23.1 Å². The van der Waals surface area contributed by atoms with Crippen molar-refractivity contribution in [1.82, 2.24) is 10.0 Å². The highest BCUT2D eigenvalue weighted by Crippen LogP contribution is 2.30. The van der Waals surface area contributed by atoms with Crippen LogP contribution in [0.3, 0.4) is 0 Å². The van der Waals surface area contributed by atoms with E-state index < -0.39 is 27.3 Å². The molecule has 0 bridgehead atoms. The number of aryl methyl sites for hydroxylation is 1. The average Bonchev–Trinajstić information content (AvgIpc) is 2.60. The normalized spacial score (nSPS) is 16.8. The lowest BCUT2D eigenvalue weighted by Gasteiger charge is -2.33. The molecule has 9 heteroatoms. The molecule has 2 rings (SSSR count). The van der Waals surface area contributed by atoms with E-state index in [1.54, 1.807) is 19.9 Å². The van der Waals surface area contributed by atoms with Gasteiger partial charge in [0.1, 0.15) is 0 Å². The van der Waals surface area contributed by atoms with Gasteiger partial charge in [0.05, 0.1) is 10.3 Å². The van der Waals surface area contributed by atoms with Gasteiger partial charge in [-0.1, -0.05) is 13.0 Å². The van der Waals surface area contributed by atoms with Crippen molar-refractivity contribution in [2.75, 3.05) is 26.3 Å². The largest absolute Gasteiger partial charge is 0.481 e. The van der Waals surface area contributed by atoms with Crippen LogP contribution in [0.25, 0.3) is 0 Å². The van der Waals surface area contributed by atoms with Crippen LogP contribution in [-0.4, -0.2) is 51.7 Å². The van der Waals surface area contributed by atoms with Crippen LogP contribution in [0.5, 0.6) is 0 Å². The molecule has 1 aliphatic rings. The van der Waals surface area contributed by atoms with Gasteiger partial charge in [0.15, 0.2) is 0 Å². The number of sulfonamides is 1. The van der Waals surface area contributed by atoms with Crippen LogP contribution in [0.2, 0.25) is 0 Å². The number of amides is 1. The minimum atomic E-state index is -3.68. The fourth-order valence-electron chi connectivity index (χ4n) is 2.86. The summed E-state index contributed by atoms with van der Waals surface area (Å²) >= 11 is 0. The molecule has 0 aliphatic carbocycles. The first-order valence-corrected chi connectivity index (χ1v) is 9.90. The number of carbonyl (C=O) groups excluding carboxylic acids is 1. The summed E-state index contributed by atoms with van der Waals surface area (Å²) in [6.45, 7) is 4.23. The van der Waals surface area contributed by atoms with Crippen molar-refractivity contribution in [1.29, 1.82) is 0 Å². The predicted octanol–water partition coefficient (Wildman–Crippen LogP) is 0.904. The summed E-state index contributed by atoms with van der Waals surface area (Å²) in [5, 5.41) is 12.2. The number of rotatable bonds is 7. The van der Waals surface area contributed by atoms with E-state index in [1.165, 1.54) is 12.1 Å². The van der Waals surface area contributed by atoms with Crippen LogP contribution in [0.1, 0.15) is 35.7 Å². The van der Waals surface area contributed by atoms with Gasteiger partial charge in [-0.25, -0.2) is 13.1 Å². The molecule has 1 aromatic rings. The third-order valence-electron chi connectivity index (χ3n) is 4.59. The Balaban J connectivity index is 2.20. The Morgan fingerprint density at radius 2 is 1.92 bits per heavy atom. The van der Waals surface area contributed by atoms with Crippen LogP contribution in [0, 0.1) is 12.3 Å². The maximum absolute atomic E-state index is 12.6. The van der Waals surface area contributed by atoms with Gasteiger partial charge < -0.3 is 15.2 Å². The van der Waals surface area contributed by atoms with Crippen molar-refractivity contribution < 1.29 is 27.9 Å². The van der Waals surface area contributed by atoms with Crippen molar-refractivity contribution in [2.45, 2.75) is 31.6 Å². The molecule has 1 saturated heterocycles. The lowest BCUT2D eigenvalue weighted by atomic mass is 9.80. The summed E-state index contributed by atoms with van der Waals surface area (Å²) in [7, 11) is -3.68. The van der Waals surface area contributed by atoms with Gasteiger partial charge in [-0.05, 0) is 37.5 Å². The van der Waals surface area contributed by atoms with E-state index in [0.29, 0.717) is 31.6 Å². The molecular weight excluding hydrogens is 360 g/mol. The third kappa shape index (κ3) is 4.40. The number of benzene rings is 1. The van der Waals surface area contributed by atoms with Gasteiger partial charge in [0, 0.05) is 31.9 Å². The Morgan fingerprint density at radius 1 is 1.27 bits per heavy atom. The SMILES string of the molecule is CCNS(=O)(=O)c1ccc(C)c(C(=O)NCC2(C(=O)O)CCOCC2)c1. The Labute approximate surface area is 153 Å². The second-order valence-electron chi connectivity index (χ2n) is 6.36. The number of aliphatic carboxylic acids is 1. The van der Waals surface area contributed by atoms with Gasteiger partial charge >= 0.3 is 5.97 Å². The quantitative estimate of drug-likeness (QED) is 0.642. The fraction of sp³-hybridized carbons (Fsp3) is 0.529. The van der Waals surface area contributed by atoms with E-state index in [-0.39, 0.29) is 23.5 Å². The zero-order valence-corrected chi connectivity index (χ0v) is 15.7. The van der Waals surface area contributed by atoms with Gasteiger partial charge in [-0.15, -0.1) is 0 Å². The van der Waals surface area contributed by atoms with Gasteiger partial charge in [-0.2, -0.15) is 0 Å². The van der Waals surface area contributed by atoms with E-state index in [0.717, 1.165) is 0 Å². The zero-order chi connectivity index (χ0) is 19.4. The summed E-state index contributed by atoms with van der Waals surface area (Å²) in [6, 6.07) is 4.29. The first kappa shape index (κ1) is 20.3. The molecule has 1 aromatic carbocycles. The third-order valence-corrected chi connectivity index (χ3v) is 6.13. The number of nitrogens with one attached hydrogen (secondary N) is 2. The summed E-state index contributed by atoms with van der Waals surface area (Å²) in [5.41, 5.74) is -0.249. The summed E-state index contributed by atoms with van der Waals surface area (Å²) in [5.74, 6) is -1.47. The molecular formula is C17H24N2O6S. The lowest BCUT2D eigenvalue weighted by molar-refractivity contribution is -0.154. The Hall–Kier alpha value is -1.97. The molecule has 0 atom stereocenters. The highest BCUT2D eigenvalue weighted by Gasteiger charge is 2.40. The monoisotopic (exact) mass is 384 g/mol. The predicted molar refractivity (Wildman–Crippen MR) is 94.5 cm³/mol. The van der Waals surface area contributed by atoms with Crippen molar-refractivity contribution in [2.24, 2.45) is 5.41 Å². The second-order valence-corrected chi connectivity index (χ2v) is 8.13. The number of hydrogen-bond acceptors (Lipinski definition) is 5. The van der Waals surface area contributed by atoms with Crippen molar-refractivity contribution >= 4 is 21.9 Å². The van der Waals surface area contributed by atoms with Crippen LogP contribution >= 0.6 is 0 Å². The average molecular weight is 384 g/mol. The van der Waals surface area contributed by atoms with Gasteiger partial charge in [0.2, 0.25) is 10.0 Å². The molecule has 1 fully saturated rings. The van der Waals surface area contributed by atoms with Crippen LogP contribution in [0.15, 0.2) is 23.1 Å². The van der Waals surface area contributed by atoms with E-state index in [1.807, 2.05) is 0 Å². The molecule has 0 radical (unpaired) electrons. The number of carboxylic acid groups (broad SMARTS) is 1. The van der Waals surface area contributed by atoms with E-state index in [4.69, 9.17) is 4.74 Å². The minimum Gasteiger partial charge on any atom is -0.481 e. The van der Waals surface area contributed by atoms with Gasteiger partial charge in [-0.3, -0.25) is 9.59 Å². The number of ether oxygens (including phenoxy) is 1. The Morgan fingerprint density at radius 3 is 2.50 bits per heavy atom. The second kappa shape index (κ2) is 8.15. The van der Waals surface area contributed by atoms with Crippen molar-refractivity contribution in [3.05, 3.63) is 29.3 Å². The number of carbonyl (C=O) groups is 2. The summed E-state index contributed by atoms with van der Waals surface area (Å²) in [6.07, 6.45) is 0.632. The standard InChI is InChI=1S/C17H24N2O6S/c1-3-19-26(23,24)13-5-4-12(2)14(10-13)15(20)18-11-17(16(21)22)6-8-25-9-7-17/h4-5,10,19H,3,6-9,11H2,1-2H3,(H,18,20)(H,21,22). The Bertz CT molecular complexity index is 784. The smallest absolute Gasteiger partial charge is 0.311 e. The molecule has 1 aliphatic heterocycles. The number of carboxylic acids is 1. The lowest BCUT2D eigenvalue weighted by Crippen LogP contribution is -2.46. The van der Waals surface area contributed by atoms with E-state index >= 15 is 0 Å². The molecule has 0 spiro atoms. The van der Waals surface area contributed by atoms with E-state index in [2.05, 4.69) is 10.0 Å². The zero-order valence-electron chi connectivity index (χ0n) is 14.9. The molecule has 8 nitrogen and oxygen atoms in total. The summed E-state index contributed by atoms with van der Waals surface area (Å²) in [4.78, 5) is 24.2. The topological polar surface area (TPSA) is 122 Å². The Kier molecular flexibility index (Phi) is 6.38. The number of hydrogen-bond donors (Lipinski definition) is 3. The highest BCUT2D eigenvalue weighted by atomic mass is 32.2. The highest BCUT2D eigenvalue weighted by molar-refractivity contribution is 7.89. The molecule has 0 unspecified atom stereocenters. The van der Waals surface area contributed by atoms with Gasteiger partial charge in [0.25, 0.3) is 5.91 Å². The molecule has 1 heterocycles. The van der Waals surface area contributed by atoms with Crippen LogP contribution < -0.4 is 10.0 Å². The first-order valence-electron chi connectivity index (χ1n) is 8.41. The fourth-order valence-corrected chi connectivity index (χ4v) is 3.93. The molecule has 1 amide bonds. The first-order chi connectivity index (χ1) is 12.2. The molecule has 0 aromatic heterocycles. The maximum Gasteiger partial charge on any atom is 0.311 e. The molecule has 3 N–H and O–H groups in total. The van der Waals surface area contributed by atoms with Crippen LogP contribution in [-0.2, 0) is 19.6 Å². The summed E-state index contributed by atoms with van der Waals surface area (Å²) < 4.78 is 31.8. The van der Waals surface area contributed by atoms with Crippen LogP contribution in [0.4, 0.5) is 0 Å². The van der Waals surface area contributed by atoms with Crippen molar-refractivity contribution in [3.8, 4) is 0 Å². The minimum absolute atomic E-state index is 0.00545. The molecule has 144 valence electrons. The molecule has 26 heavy (non-hydrogen) atoms. The maximum atomic E-state index is 12.6. The molecule has 0 saturated carbocycles. The van der Waals surface area contributed by atoms with Crippen molar-refractivity contribution in [3.63, 3.8) is 0 Å².